The first-order valence-electron chi connectivity index (χ1n) is 5.21. The minimum atomic E-state index is -0.632. The van der Waals surface area contributed by atoms with E-state index in [0.717, 1.165) is 0 Å². The largest absolute Gasteiger partial charge is 0.325 e. The summed E-state index contributed by atoms with van der Waals surface area (Å²) in [4.78, 5) is 25.1. The molecular weight excluding hydrogens is 192 g/mol. The SMILES string of the molecule is CC(C)(N)C1CC(=O)N(C(C)(C)C)C1=O. The van der Waals surface area contributed by atoms with E-state index in [1.54, 1.807) is 13.8 Å². The summed E-state index contributed by atoms with van der Waals surface area (Å²) in [6.45, 7) is 9.14. The number of likely N-dealkylation sites (tertiary alicyclic amines) is 1. The number of hydrogen-bond donors (Lipinski definition) is 1. The zero-order valence-corrected chi connectivity index (χ0v) is 10.1. The normalized spacial score (nSPS) is 23.9. The predicted octanol–water partition coefficient (Wildman–Crippen LogP) is 0.897. The molecule has 2 amide bonds. The van der Waals surface area contributed by atoms with E-state index in [1.165, 1.54) is 4.90 Å². The summed E-state index contributed by atoms with van der Waals surface area (Å²) in [7, 11) is 0. The number of carbonyl (C=O) groups excluding carboxylic acids is 2. The molecule has 2 N–H and O–H groups in total. The van der Waals surface area contributed by atoms with Gasteiger partial charge in [0.1, 0.15) is 0 Å². The van der Waals surface area contributed by atoms with E-state index in [4.69, 9.17) is 5.73 Å². The molecule has 4 heteroatoms. The average Bonchev–Trinajstić information content (AvgIpc) is 2.22. The summed E-state index contributed by atoms with van der Waals surface area (Å²) in [5, 5.41) is 0. The van der Waals surface area contributed by atoms with Crippen molar-refractivity contribution in [2.45, 2.75) is 52.1 Å². The molecule has 1 aliphatic rings. The molecule has 0 aromatic heterocycles. The standard InChI is InChI=1S/C11H20N2O2/c1-10(2,3)13-8(14)6-7(9(13)15)11(4,5)12/h7H,6,12H2,1-5H3. The topological polar surface area (TPSA) is 63.4 Å². The number of nitrogens with two attached hydrogens (primary N) is 1. The van der Waals surface area contributed by atoms with Crippen LogP contribution in [0.2, 0.25) is 0 Å². The van der Waals surface area contributed by atoms with Gasteiger partial charge < -0.3 is 5.73 Å². The molecule has 0 saturated carbocycles. The fourth-order valence-electron chi connectivity index (χ4n) is 1.92. The van der Waals surface area contributed by atoms with Gasteiger partial charge in [-0.3, -0.25) is 14.5 Å². The Bertz CT molecular complexity index is 297. The van der Waals surface area contributed by atoms with Gasteiger partial charge in [0.15, 0.2) is 0 Å². The predicted molar refractivity (Wildman–Crippen MR) is 58.0 cm³/mol. The van der Waals surface area contributed by atoms with E-state index in [1.807, 2.05) is 20.8 Å². The number of rotatable bonds is 1. The summed E-state index contributed by atoms with van der Waals surface area (Å²) in [6, 6.07) is 0. The summed E-state index contributed by atoms with van der Waals surface area (Å²) in [5.41, 5.74) is 4.82. The molecule has 1 fully saturated rings. The number of hydrogen-bond acceptors (Lipinski definition) is 3. The van der Waals surface area contributed by atoms with Gasteiger partial charge in [-0.1, -0.05) is 0 Å². The van der Waals surface area contributed by atoms with Gasteiger partial charge in [-0.15, -0.1) is 0 Å². The van der Waals surface area contributed by atoms with Crippen molar-refractivity contribution < 1.29 is 9.59 Å². The molecule has 0 spiro atoms. The highest BCUT2D eigenvalue weighted by molar-refractivity contribution is 6.04. The van der Waals surface area contributed by atoms with Crippen LogP contribution in [0.25, 0.3) is 0 Å². The Balaban J connectivity index is 3.00. The quantitative estimate of drug-likeness (QED) is 0.657. The molecule has 4 nitrogen and oxygen atoms in total. The van der Waals surface area contributed by atoms with Crippen molar-refractivity contribution in [3.63, 3.8) is 0 Å². The van der Waals surface area contributed by atoms with Crippen LogP contribution in [0.4, 0.5) is 0 Å². The molecule has 0 bridgehead atoms. The lowest BCUT2D eigenvalue weighted by molar-refractivity contribution is -0.145. The number of amides is 2. The maximum Gasteiger partial charge on any atom is 0.235 e. The van der Waals surface area contributed by atoms with Gasteiger partial charge in [-0.2, -0.15) is 0 Å². The zero-order valence-electron chi connectivity index (χ0n) is 10.1. The Morgan fingerprint density at radius 3 is 1.87 bits per heavy atom. The Morgan fingerprint density at radius 1 is 1.20 bits per heavy atom. The maximum absolute atomic E-state index is 12.0. The van der Waals surface area contributed by atoms with Crippen molar-refractivity contribution in [2.75, 3.05) is 0 Å². The Labute approximate surface area is 90.8 Å². The zero-order chi connectivity index (χ0) is 12.0. The molecule has 0 aliphatic carbocycles. The highest BCUT2D eigenvalue weighted by Crippen LogP contribution is 2.32. The molecule has 86 valence electrons. The molecule has 1 heterocycles. The molecule has 1 unspecified atom stereocenters. The van der Waals surface area contributed by atoms with Crippen molar-refractivity contribution in [3.05, 3.63) is 0 Å². The van der Waals surface area contributed by atoms with Crippen molar-refractivity contribution in [2.24, 2.45) is 11.7 Å². The molecular formula is C11H20N2O2. The first-order chi connectivity index (χ1) is 6.55. The maximum atomic E-state index is 12.0. The number of imide groups is 1. The van der Waals surface area contributed by atoms with Gasteiger partial charge in [-0.05, 0) is 34.6 Å². The van der Waals surface area contributed by atoms with Crippen LogP contribution in [-0.4, -0.2) is 27.8 Å². The van der Waals surface area contributed by atoms with Gasteiger partial charge in [-0.25, -0.2) is 0 Å². The van der Waals surface area contributed by atoms with Crippen molar-refractivity contribution >= 4 is 11.8 Å². The lowest BCUT2D eigenvalue weighted by Crippen LogP contribution is -2.49. The third-order valence-corrected chi connectivity index (χ3v) is 2.72. The molecule has 1 aliphatic heterocycles. The van der Waals surface area contributed by atoms with Crippen LogP contribution in [0.1, 0.15) is 41.0 Å². The summed E-state index contributed by atoms with van der Waals surface area (Å²) < 4.78 is 0. The van der Waals surface area contributed by atoms with Crippen LogP contribution < -0.4 is 5.73 Å². The molecule has 1 atom stereocenters. The Kier molecular flexibility index (Phi) is 2.68. The van der Waals surface area contributed by atoms with E-state index >= 15 is 0 Å². The minimum Gasteiger partial charge on any atom is -0.325 e. The van der Waals surface area contributed by atoms with E-state index in [0.29, 0.717) is 0 Å². The minimum absolute atomic E-state index is 0.115. The van der Waals surface area contributed by atoms with Crippen molar-refractivity contribution in [3.8, 4) is 0 Å². The molecule has 1 rings (SSSR count). The molecule has 0 aromatic rings. The first-order valence-corrected chi connectivity index (χ1v) is 5.21. The van der Waals surface area contributed by atoms with Crippen LogP contribution >= 0.6 is 0 Å². The lowest BCUT2D eigenvalue weighted by Gasteiger charge is -2.32. The second-order valence-corrected chi connectivity index (χ2v) is 5.82. The van der Waals surface area contributed by atoms with Crippen LogP contribution in [0, 0.1) is 5.92 Å². The summed E-state index contributed by atoms with van der Waals surface area (Å²) in [5.74, 6) is -0.639. The fraction of sp³-hybridized carbons (Fsp3) is 0.818. The summed E-state index contributed by atoms with van der Waals surface area (Å²) >= 11 is 0. The number of nitrogens with zero attached hydrogens (tertiary/aromatic N) is 1. The molecule has 0 aromatic carbocycles. The van der Waals surface area contributed by atoms with Gasteiger partial charge in [0, 0.05) is 17.5 Å². The second kappa shape index (κ2) is 3.30. The highest BCUT2D eigenvalue weighted by Gasteiger charge is 2.48. The third-order valence-electron chi connectivity index (χ3n) is 2.72. The first kappa shape index (κ1) is 12.2. The monoisotopic (exact) mass is 212 g/mol. The van der Waals surface area contributed by atoms with Crippen LogP contribution in [-0.2, 0) is 9.59 Å². The fourth-order valence-corrected chi connectivity index (χ4v) is 1.92. The van der Waals surface area contributed by atoms with Gasteiger partial charge >= 0.3 is 0 Å². The van der Waals surface area contributed by atoms with Gasteiger partial charge in [0.25, 0.3) is 0 Å². The Morgan fingerprint density at radius 2 is 1.67 bits per heavy atom. The lowest BCUT2D eigenvalue weighted by atomic mass is 9.87. The van der Waals surface area contributed by atoms with Crippen molar-refractivity contribution in [1.82, 2.24) is 4.90 Å². The van der Waals surface area contributed by atoms with E-state index in [9.17, 15) is 9.59 Å². The van der Waals surface area contributed by atoms with Crippen LogP contribution in [0.5, 0.6) is 0 Å². The molecule has 1 saturated heterocycles. The summed E-state index contributed by atoms with van der Waals surface area (Å²) in [6.07, 6.45) is 0.236. The van der Waals surface area contributed by atoms with E-state index in [2.05, 4.69) is 0 Å². The van der Waals surface area contributed by atoms with E-state index in [-0.39, 0.29) is 24.2 Å². The Hall–Kier alpha value is -0.900. The number of carbonyl (C=O) groups is 2. The molecule has 0 radical (unpaired) electrons. The van der Waals surface area contributed by atoms with Crippen molar-refractivity contribution in [1.29, 1.82) is 0 Å². The second-order valence-electron chi connectivity index (χ2n) is 5.82. The van der Waals surface area contributed by atoms with Gasteiger partial charge in [0.2, 0.25) is 11.8 Å². The van der Waals surface area contributed by atoms with Crippen LogP contribution in [0.3, 0.4) is 0 Å². The average molecular weight is 212 g/mol. The van der Waals surface area contributed by atoms with Gasteiger partial charge in [0.05, 0.1) is 5.92 Å². The third kappa shape index (κ3) is 2.20. The highest BCUT2D eigenvalue weighted by atomic mass is 16.2. The molecule has 15 heavy (non-hydrogen) atoms. The smallest absolute Gasteiger partial charge is 0.235 e. The van der Waals surface area contributed by atoms with E-state index < -0.39 is 11.1 Å². The van der Waals surface area contributed by atoms with Crippen LogP contribution in [0.15, 0.2) is 0 Å².